The van der Waals surface area contributed by atoms with Gasteiger partial charge in [-0.2, -0.15) is 0 Å². The Morgan fingerprint density at radius 1 is 1.19 bits per heavy atom. The van der Waals surface area contributed by atoms with E-state index in [1.54, 1.807) is 13.2 Å². The number of methoxy groups -OCH3 is 1. The van der Waals surface area contributed by atoms with Gasteiger partial charge in [0.25, 0.3) is 11.5 Å². The highest BCUT2D eigenvalue weighted by Crippen LogP contribution is 2.25. The number of pyridine rings is 2. The lowest BCUT2D eigenvalue weighted by Crippen LogP contribution is -2.53. The summed E-state index contributed by atoms with van der Waals surface area (Å²) in [6.07, 6.45) is 0.704. The average molecular weight is 500 g/mol. The van der Waals surface area contributed by atoms with Crippen LogP contribution in [0.2, 0.25) is 0 Å². The van der Waals surface area contributed by atoms with Crippen LogP contribution in [0.1, 0.15) is 12.1 Å². The van der Waals surface area contributed by atoms with Crippen LogP contribution >= 0.6 is 0 Å². The van der Waals surface area contributed by atoms with Gasteiger partial charge in [-0.15, -0.1) is 0 Å². The molecule has 2 aliphatic rings. The van der Waals surface area contributed by atoms with Crippen LogP contribution in [0.4, 0.5) is 14.6 Å². The van der Waals surface area contributed by atoms with Gasteiger partial charge in [0.1, 0.15) is 11.6 Å². The molecule has 2 atom stereocenters. The third kappa shape index (κ3) is 5.08. The summed E-state index contributed by atoms with van der Waals surface area (Å²) in [5.41, 5.74) is 0.720. The zero-order valence-electron chi connectivity index (χ0n) is 19.8. The number of carbonyl (C=O) groups is 1. The first-order valence-corrected chi connectivity index (χ1v) is 11.8. The summed E-state index contributed by atoms with van der Waals surface area (Å²) in [6, 6.07) is 8.44. The number of nitrogens with zero attached hydrogens (tertiary/aromatic N) is 3. The van der Waals surface area contributed by atoms with Crippen molar-refractivity contribution in [3.63, 3.8) is 0 Å². The molecule has 0 saturated carbocycles. The van der Waals surface area contributed by atoms with Crippen molar-refractivity contribution in [1.82, 2.24) is 19.8 Å². The van der Waals surface area contributed by atoms with E-state index >= 15 is 0 Å². The number of ether oxygens (including phenoxy) is 2. The molecule has 1 fully saturated rings. The number of piperidine rings is 1. The van der Waals surface area contributed by atoms with Crippen molar-refractivity contribution in [1.29, 1.82) is 0 Å². The summed E-state index contributed by atoms with van der Waals surface area (Å²) in [7, 11) is 1.66. The third-order valence-corrected chi connectivity index (χ3v) is 6.69. The van der Waals surface area contributed by atoms with Gasteiger partial charge in [-0.25, -0.2) is 13.8 Å². The van der Waals surface area contributed by atoms with E-state index < -0.39 is 11.6 Å². The molecule has 3 aromatic rings. The molecule has 4 heterocycles. The summed E-state index contributed by atoms with van der Waals surface area (Å²) < 4.78 is 40.5. The Balaban J connectivity index is 1.20. The first-order chi connectivity index (χ1) is 17.4. The van der Waals surface area contributed by atoms with Gasteiger partial charge in [-0.3, -0.25) is 14.5 Å². The van der Waals surface area contributed by atoms with E-state index in [0.717, 1.165) is 24.7 Å². The van der Waals surface area contributed by atoms with Gasteiger partial charge in [0.2, 0.25) is 0 Å². The molecule has 36 heavy (non-hydrogen) atoms. The van der Waals surface area contributed by atoms with Gasteiger partial charge in [0.05, 0.1) is 17.3 Å². The van der Waals surface area contributed by atoms with E-state index in [1.807, 2.05) is 6.07 Å². The number of rotatable bonds is 7. The topological polar surface area (TPSA) is 97.7 Å². The summed E-state index contributed by atoms with van der Waals surface area (Å²) in [4.78, 5) is 30.6. The largest absolute Gasteiger partial charge is 0.480 e. The van der Waals surface area contributed by atoms with E-state index in [-0.39, 0.29) is 41.1 Å². The molecule has 2 aliphatic heterocycles. The number of carbonyl (C=O) groups excluding carboxylic acids is 1. The predicted octanol–water partition coefficient (Wildman–Crippen LogP) is 1.88. The highest BCUT2D eigenvalue weighted by atomic mass is 19.1. The Labute approximate surface area is 206 Å². The molecule has 1 aromatic carbocycles. The lowest BCUT2D eigenvalue weighted by Gasteiger charge is -2.38. The highest BCUT2D eigenvalue weighted by Gasteiger charge is 2.29. The molecule has 190 valence electrons. The number of halogens is 2. The molecule has 9 nitrogen and oxygen atoms in total. The Kier molecular flexibility index (Phi) is 6.95. The van der Waals surface area contributed by atoms with E-state index in [4.69, 9.17) is 9.47 Å². The maximum absolute atomic E-state index is 14.2. The fourth-order valence-corrected chi connectivity index (χ4v) is 4.79. The fraction of sp³-hybridized carbons (Fsp3) is 0.400. The molecule has 1 saturated heterocycles. The van der Waals surface area contributed by atoms with Crippen LogP contribution in [0.3, 0.4) is 0 Å². The van der Waals surface area contributed by atoms with Crippen LogP contribution in [0.25, 0.3) is 10.9 Å². The van der Waals surface area contributed by atoms with Gasteiger partial charge >= 0.3 is 0 Å². The molecular formula is C25H27F2N5O4. The van der Waals surface area contributed by atoms with Crippen LogP contribution in [0, 0.1) is 11.6 Å². The number of benzene rings is 1. The first-order valence-electron chi connectivity index (χ1n) is 11.8. The van der Waals surface area contributed by atoms with Crippen molar-refractivity contribution in [2.24, 2.45) is 0 Å². The molecule has 0 aliphatic carbocycles. The number of anilines is 1. The van der Waals surface area contributed by atoms with Gasteiger partial charge in [0.15, 0.2) is 18.2 Å². The van der Waals surface area contributed by atoms with Gasteiger partial charge < -0.3 is 24.7 Å². The lowest BCUT2D eigenvalue weighted by atomic mass is 10.0. The monoisotopic (exact) mass is 499 g/mol. The van der Waals surface area contributed by atoms with Crippen molar-refractivity contribution >= 4 is 22.6 Å². The molecule has 1 amide bonds. The quantitative estimate of drug-likeness (QED) is 0.512. The molecule has 0 radical (unpaired) electrons. The number of aromatic nitrogens is 2. The molecule has 2 aromatic heterocycles. The Bertz CT molecular complexity index is 1350. The average Bonchev–Trinajstić information content (AvgIpc) is 2.86. The van der Waals surface area contributed by atoms with Gasteiger partial charge in [-0.05, 0) is 37.2 Å². The minimum Gasteiger partial charge on any atom is -0.480 e. The SMILES string of the molecule is CO[C@H]1CN(CCn2c(=O)ccc3c(F)cc(F)cc32)CC[C@H]1NCc1ccc2c(n1)NC(=O)CO2. The van der Waals surface area contributed by atoms with Crippen LogP contribution < -0.4 is 20.9 Å². The van der Waals surface area contributed by atoms with Crippen molar-refractivity contribution in [2.75, 3.05) is 38.7 Å². The highest BCUT2D eigenvalue weighted by molar-refractivity contribution is 5.94. The summed E-state index contributed by atoms with van der Waals surface area (Å²) in [5.74, 6) is -0.653. The Morgan fingerprint density at radius 2 is 2.06 bits per heavy atom. The van der Waals surface area contributed by atoms with E-state index in [2.05, 4.69) is 20.5 Å². The maximum Gasteiger partial charge on any atom is 0.263 e. The molecule has 5 rings (SSSR count). The van der Waals surface area contributed by atoms with Crippen molar-refractivity contribution in [2.45, 2.75) is 31.7 Å². The molecule has 2 N–H and O–H groups in total. The van der Waals surface area contributed by atoms with Crippen LogP contribution in [0.5, 0.6) is 5.75 Å². The third-order valence-electron chi connectivity index (χ3n) is 6.69. The minimum atomic E-state index is -0.714. The zero-order chi connectivity index (χ0) is 25.2. The number of fused-ring (bicyclic) bond motifs is 2. The standard InChI is InChI=1S/C25H27F2N5O4/c1-35-22-13-31(8-9-32-20-11-15(26)10-18(27)17(20)3-5-24(32)34)7-6-19(22)28-12-16-2-4-21-25(29-16)30-23(33)14-36-21/h2-5,10-11,19,22,28H,6-9,12-14H2,1H3,(H,29,30,33)/t19-,22+/m1/s1. The summed E-state index contributed by atoms with van der Waals surface area (Å²) >= 11 is 0. The number of likely N-dealkylation sites (tertiary alicyclic amines) is 1. The lowest BCUT2D eigenvalue weighted by molar-refractivity contribution is -0.118. The minimum absolute atomic E-state index is 0.0106. The van der Waals surface area contributed by atoms with Crippen molar-refractivity contribution < 1.29 is 23.0 Å². The van der Waals surface area contributed by atoms with E-state index in [1.165, 1.54) is 22.8 Å². The normalized spacial score (nSPS) is 20.1. The van der Waals surface area contributed by atoms with E-state index in [9.17, 15) is 18.4 Å². The second-order valence-electron chi connectivity index (χ2n) is 8.98. The summed E-state index contributed by atoms with van der Waals surface area (Å²) in [5, 5.41) is 6.42. The Hall–Kier alpha value is -3.41. The maximum atomic E-state index is 14.2. The summed E-state index contributed by atoms with van der Waals surface area (Å²) in [6.45, 7) is 2.73. The van der Waals surface area contributed by atoms with Crippen molar-refractivity contribution in [3.05, 3.63) is 64.1 Å². The number of nitrogens with one attached hydrogen (secondary N) is 2. The predicted molar refractivity (Wildman–Crippen MR) is 129 cm³/mol. The second-order valence-corrected chi connectivity index (χ2v) is 8.98. The van der Waals surface area contributed by atoms with Crippen LogP contribution in [0.15, 0.2) is 41.2 Å². The Morgan fingerprint density at radius 3 is 2.89 bits per heavy atom. The van der Waals surface area contributed by atoms with Crippen LogP contribution in [-0.2, 0) is 22.6 Å². The van der Waals surface area contributed by atoms with Gasteiger partial charge in [-0.1, -0.05) is 0 Å². The molecule has 0 unspecified atom stereocenters. The van der Waals surface area contributed by atoms with Crippen LogP contribution in [-0.4, -0.2) is 65.9 Å². The molecule has 11 heteroatoms. The molecule has 0 bridgehead atoms. The smallest absolute Gasteiger partial charge is 0.263 e. The van der Waals surface area contributed by atoms with Crippen molar-refractivity contribution in [3.8, 4) is 5.75 Å². The second kappa shape index (κ2) is 10.3. The number of amides is 1. The van der Waals surface area contributed by atoms with E-state index in [0.29, 0.717) is 37.7 Å². The molecular weight excluding hydrogens is 472 g/mol. The number of hydrogen-bond acceptors (Lipinski definition) is 7. The number of hydrogen-bond donors (Lipinski definition) is 2. The fourth-order valence-electron chi connectivity index (χ4n) is 4.79. The zero-order valence-corrected chi connectivity index (χ0v) is 19.8. The molecule has 0 spiro atoms. The first kappa shape index (κ1) is 24.3. The van der Waals surface area contributed by atoms with Gasteiger partial charge in [0, 0.05) is 56.8 Å².